The molecule has 0 saturated heterocycles. The molecule has 4 aromatic rings. The van der Waals surface area contributed by atoms with Crippen LogP contribution < -0.4 is 15.4 Å². The number of nitrogens with one attached hydrogen (secondary N) is 2. The highest BCUT2D eigenvalue weighted by Gasteiger charge is 2.30. The van der Waals surface area contributed by atoms with Crippen molar-refractivity contribution in [1.29, 1.82) is 0 Å². The zero-order chi connectivity index (χ0) is 31.0. The number of ether oxygens (including phenoxy) is 1. The van der Waals surface area contributed by atoms with Crippen molar-refractivity contribution in [2.45, 2.75) is 44.8 Å². The second-order valence-corrected chi connectivity index (χ2v) is 9.93. The SMILES string of the molecule is O=C(NCc1cc(OCF)ccc1F)c1cn(CC(F)CCc2nnc(C(=O)NCc3cc(C(F)(F)F)ccn3)s2)nn1. The lowest BCUT2D eigenvalue weighted by Crippen LogP contribution is -2.23. The summed E-state index contributed by atoms with van der Waals surface area (Å²) in [6, 6.07) is 5.20. The number of alkyl halides is 5. The normalized spacial score (nSPS) is 12.1. The van der Waals surface area contributed by atoms with E-state index in [9.17, 15) is 35.9 Å². The summed E-state index contributed by atoms with van der Waals surface area (Å²) in [6.07, 6.45) is -3.67. The molecule has 228 valence electrons. The third kappa shape index (κ3) is 8.94. The van der Waals surface area contributed by atoms with Crippen LogP contribution >= 0.6 is 11.3 Å². The summed E-state index contributed by atoms with van der Waals surface area (Å²) in [7, 11) is 0. The molecule has 3 aromatic heterocycles. The first kappa shape index (κ1) is 31.3. The fraction of sp³-hybridized carbons (Fsp3) is 0.320. The Bertz CT molecular complexity index is 1560. The number of hydrogen-bond acceptors (Lipinski definition) is 9. The molecule has 43 heavy (non-hydrogen) atoms. The number of pyridine rings is 1. The van der Waals surface area contributed by atoms with Crippen molar-refractivity contribution in [3.63, 3.8) is 0 Å². The molecule has 18 heteroatoms. The van der Waals surface area contributed by atoms with Gasteiger partial charge in [0.05, 0.1) is 30.5 Å². The number of aryl methyl sites for hydroxylation is 1. The topological polar surface area (TPSA) is 137 Å². The number of rotatable bonds is 13. The zero-order valence-corrected chi connectivity index (χ0v) is 22.8. The van der Waals surface area contributed by atoms with Gasteiger partial charge in [-0.25, -0.2) is 17.9 Å². The van der Waals surface area contributed by atoms with Crippen LogP contribution in [0.4, 0.5) is 26.3 Å². The van der Waals surface area contributed by atoms with Gasteiger partial charge in [-0.2, -0.15) is 13.2 Å². The molecule has 0 radical (unpaired) electrons. The highest BCUT2D eigenvalue weighted by Crippen LogP contribution is 2.29. The average molecular weight is 629 g/mol. The van der Waals surface area contributed by atoms with Crippen molar-refractivity contribution in [3.05, 3.63) is 81.1 Å². The van der Waals surface area contributed by atoms with Gasteiger partial charge < -0.3 is 15.4 Å². The number of halogens is 6. The summed E-state index contributed by atoms with van der Waals surface area (Å²) in [6.45, 7) is -1.84. The van der Waals surface area contributed by atoms with E-state index in [4.69, 9.17) is 0 Å². The Morgan fingerprint density at radius 1 is 1.05 bits per heavy atom. The molecule has 1 unspecified atom stereocenters. The molecule has 0 bridgehead atoms. The van der Waals surface area contributed by atoms with Gasteiger partial charge in [-0.3, -0.25) is 14.6 Å². The Morgan fingerprint density at radius 3 is 2.60 bits per heavy atom. The van der Waals surface area contributed by atoms with Gasteiger partial charge >= 0.3 is 6.18 Å². The van der Waals surface area contributed by atoms with Gasteiger partial charge in [0.2, 0.25) is 11.9 Å². The van der Waals surface area contributed by atoms with E-state index in [0.717, 1.165) is 40.4 Å². The van der Waals surface area contributed by atoms with Crippen LogP contribution in [0.25, 0.3) is 0 Å². The minimum absolute atomic E-state index is 0.00544. The van der Waals surface area contributed by atoms with Crippen LogP contribution in [-0.2, 0) is 32.2 Å². The second kappa shape index (κ2) is 14.0. The number of carbonyl (C=O) groups excluding carboxylic acids is 2. The summed E-state index contributed by atoms with van der Waals surface area (Å²) in [5.74, 6) is -1.91. The number of benzene rings is 1. The molecule has 4 rings (SSSR count). The lowest BCUT2D eigenvalue weighted by molar-refractivity contribution is -0.137. The highest BCUT2D eigenvalue weighted by molar-refractivity contribution is 7.13. The van der Waals surface area contributed by atoms with Gasteiger partial charge in [0, 0.05) is 24.7 Å². The smallest absolute Gasteiger partial charge is 0.416 e. The first-order valence-electron chi connectivity index (χ1n) is 12.4. The van der Waals surface area contributed by atoms with Crippen LogP contribution in [0.1, 0.15) is 48.5 Å². The van der Waals surface area contributed by atoms with Crippen molar-refractivity contribution in [1.82, 2.24) is 40.8 Å². The summed E-state index contributed by atoms with van der Waals surface area (Å²) < 4.78 is 85.2. The minimum Gasteiger partial charge on any atom is -0.463 e. The Kier molecular flexibility index (Phi) is 10.2. The van der Waals surface area contributed by atoms with Crippen molar-refractivity contribution in [2.75, 3.05) is 6.86 Å². The standard InChI is InChI=1S/C25H22F6N8O3S/c26-13-42-18-2-3-19(28)14(7-18)9-33-22(40)20-12-39(38-35-20)11-16(27)1-4-21-36-37-24(43-21)23(41)34-10-17-8-15(5-6-32-17)25(29,30)31/h2-3,5-8,12,16H,1,4,9-11,13H2,(H,33,40)(H,34,41). The predicted molar refractivity (Wildman–Crippen MR) is 138 cm³/mol. The van der Waals surface area contributed by atoms with Gasteiger partial charge in [-0.1, -0.05) is 16.6 Å². The quantitative estimate of drug-likeness (QED) is 0.213. The van der Waals surface area contributed by atoms with E-state index < -0.39 is 42.4 Å². The molecule has 3 heterocycles. The minimum atomic E-state index is -4.54. The highest BCUT2D eigenvalue weighted by atomic mass is 32.1. The van der Waals surface area contributed by atoms with E-state index in [-0.39, 0.29) is 60.2 Å². The van der Waals surface area contributed by atoms with Crippen molar-refractivity contribution < 1.29 is 40.7 Å². The van der Waals surface area contributed by atoms with E-state index >= 15 is 0 Å². The summed E-state index contributed by atoms with van der Waals surface area (Å²) >= 11 is 0.906. The number of carbonyl (C=O) groups is 2. The molecule has 0 aliphatic rings. The molecule has 2 amide bonds. The van der Waals surface area contributed by atoms with Gasteiger partial charge in [-0.05, 0) is 36.8 Å². The molecule has 0 aliphatic carbocycles. The number of nitrogens with zero attached hydrogens (tertiary/aromatic N) is 6. The number of hydrogen-bond donors (Lipinski definition) is 2. The molecular formula is C25H22F6N8O3S. The molecule has 0 saturated carbocycles. The van der Waals surface area contributed by atoms with Gasteiger partial charge in [0.15, 0.2) is 5.69 Å². The Hall–Kier alpha value is -4.61. The van der Waals surface area contributed by atoms with Crippen LogP contribution in [0.5, 0.6) is 5.75 Å². The van der Waals surface area contributed by atoms with Gasteiger partial charge in [0.25, 0.3) is 11.8 Å². The molecule has 0 aliphatic heterocycles. The van der Waals surface area contributed by atoms with Crippen molar-refractivity contribution in [2.24, 2.45) is 0 Å². The monoisotopic (exact) mass is 628 g/mol. The molecule has 0 spiro atoms. The fourth-order valence-electron chi connectivity index (χ4n) is 3.62. The van der Waals surface area contributed by atoms with E-state index in [1.165, 1.54) is 18.3 Å². The lowest BCUT2D eigenvalue weighted by atomic mass is 10.2. The summed E-state index contributed by atoms with van der Waals surface area (Å²) in [5.41, 5.74) is -0.965. The largest absolute Gasteiger partial charge is 0.463 e. The van der Waals surface area contributed by atoms with Crippen LogP contribution in [0, 0.1) is 5.82 Å². The fourth-order valence-corrected chi connectivity index (χ4v) is 4.39. The summed E-state index contributed by atoms with van der Waals surface area (Å²) in [5, 5.41) is 20.2. The van der Waals surface area contributed by atoms with Gasteiger partial charge in [-0.15, -0.1) is 15.3 Å². The van der Waals surface area contributed by atoms with E-state index in [2.05, 4.69) is 40.9 Å². The maximum atomic E-state index is 14.6. The van der Waals surface area contributed by atoms with E-state index in [1.54, 1.807) is 0 Å². The van der Waals surface area contributed by atoms with E-state index in [1.807, 2.05) is 0 Å². The number of aromatic nitrogens is 6. The van der Waals surface area contributed by atoms with Crippen LogP contribution in [0.3, 0.4) is 0 Å². The number of amides is 2. The maximum absolute atomic E-state index is 14.6. The molecule has 11 nitrogen and oxygen atoms in total. The van der Waals surface area contributed by atoms with Crippen molar-refractivity contribution >= 4 is 23.2 Å². The first-order chi connectivity index (χ1) is 20.5. The lowest BCUT2D eigenvalue weighted by Gasteiger charge is -2.08. The van der Waals surface area contributed by atoms with Gasteiger partial charge in [0.1, 0.15) is 22.7 Å². The van der Waals surface area contributed by atoms with Crippen LogP contribution in [0.2, 0.25) is 0 Å². The third-order valence-electron chi connectivity index (χ3n) is 5.74. The Morgan fingerprint density at radius 2 is 1.84 bits per heavy atom. The maximum Gasteiger partial charge on any atom is 0.416 e. The Labute approximate surface area is 243 Å². The zero-order valence-electron chi connectivity index (χ0n) is 21.9. The Balaban J connectivity index is 1.22. The van der Waals surface area contributed by atoms with Crippen LogP contribution in [-0.4, -0.2) is 55.0 Å². The molecule has 1 aromatic carbocycles. The predicted octanol–water partition coefficient (Wildman–Crippen LogP) is 3.82. The molecular weight excluding hydrogens is 606 g/mol. The molecule has 2 N–H and O–H groups in total. The molecule has 1 atom stereocenters. The van der Waals surface area contributed by atoms with Crippen molar-refractivity contribution in [3.8, 4) is 5.75 Å². The third-order valence-corrected chi connectivity index (χ3v) is 6.72. The average Bonchev–Trinajstić information content (AvgIpc) is 3.65. The first-order valence-corrected chi connectivity index (χ1v) is 13.3. The summed E-state index contributed by atoms with van der Waals surface area (Å²) in [4.78, 5) is 28.5. The second-order valence-electron chi connectivity index (χ2n) is 8.87. The molecule has 0 fully saturated rings. The van der Waals surface area contributed by atoms with E-state index in [0.29, 0.717) is 5.01 Å². The van der Waals surface area contributed by atoms with Crippen LogP contribution in [0.15, 0.2) is 42.7 Å².